The Bertz CT molecular complexity index is 720. The van der Waals surface area contributed by atoms with E-state index in [4.69, 9.17) is 0 Å². The molecule has 0 amide bonds. The van der Waals surface area contributed by atoms with Crippen LogP contribution >= 0.6 is 11.3 Å². The molecule has 108 valence electrons. The van der Waals surface area contributed by atoms with Gasteiger partial charge in [0.2, 0.25) is 0 Å². The number of nitrogens with one attached hydrogen (secondary N) is 1. The number of sulfonamides is 1. The summed E-state index contributed by atoms with van der Waals surface area (Å²) in [5.41, 5.74) is -0.374. The minimum atomic E-state index is -4.11. The quantitative estimate of drug-likeness (QED) is 0.931. The number of hydrogen-bond donors (Lipinski definition) is 1. The average molecular weight is 321 g/mol. The van der Waals surface area contributed by atoms with Gasteiger partial charge in [0.25, 0.3) is 15.9 Å². The lowest BCUT2D eigenvalue weighted by Gasteiger charge is -2.13. The van der Waals surface area contributed by atoms with Crippen molar-refractivity contribution in [3.8, 4) is 0 Å². The fraction of sp³-hybridized carbons (Fsp3) is 0.167. The maximum atomic E-state index is 13.3. The highest BCUT2D eigenvalue weighted by Gasteiger charge is 2.25. The molecule has 0 spiro atoms. The average Bonchev–Trinajstić information content (AvgIpc) is 2.75. The number of benzene rings is 1. The van der Waals surface area contributed by atoms with Crippen LogP contribution in [0.3, 0.4) is 0 Å². The molecule has 8 heteroatoms. The van der Waals surface area contributed by atoms with E-state index in [1.807, 2.05) is 0 Å². The van der Waals surface area contributed by atoms with Crippen LogP contribution in [0.1, 0.15) is 12.5 Å². The summed E-state index contributed by atoms with van der Waals surface area (Å²) in [6.45, 7) is 0.708. The molecule has 1 aromatic heterocycles. The minimum Gasteiger partial charge on any atom is -0.279 e. The van der Waals surface area contributed by atoms with Crippen LogP contribution in [0.15, 0.2) is 39.9 Å². The molecule has 1 heterocycles. The molecule has 0 saturated carbocycles. The van der Waals surface area contributed by atoms with Crippen LogP contribution in [0.2, 0.25) is 0 Å². The summed E-state index contributed by atoms with van der Waals surface area (Å²) >= 11 is 0.712. The smallest absolute Gasteiger partial charge is 0.274 e. The number of thiophene rings is 1. The Morgan fingerprint density at radius 3 is 2.50 bits per heavy atom. The lowest BCUT2D eigenvalue weighted by molar-refractivity contribution is 0.0175. The normalized spacial score (nSPS) is 12.4. The van der Waals surface area contributed by atoms with Gasteiger partial charge >= 0.3 is 0 Å². The van der Waals surface area contributed by atoms with Crippen molar-refractivity contribution in [2.45, 2.75) is 17.1 Å². The molecule has 0 fully saturated rings. The van der Waals surface area contributed by atoms with Crippen molar-refractivity contribution in [3.05, 3.63) is 47.1 Å². The maximum Gasteiger partial charge on any atom is 0.274 e. The number of rotatable bonds is 4. The van der Waals surface area contributed by atoms with Gasteiger partial charge in [0, 0.05) is 18.2 Å². The van der Waals surface area contributed by atoms with E-state index >= 15 is 0 Å². The minimum absolute atomic E-state index is 0.0446. The highest BCUT2D eigenvalue weighted by Crippen LogP contribution is 2.30. The molecule has 20 heavy (non-hydrogen) atoms. The van der Waals surface area contributed by atoms with Gasteiger partial charge in [-0.1, -0.05) is 12.1 Å². The van der Waals surface area contributed by atoms with Gasteiger partial charge in [-0.3, -0.25) is 4.72 Å². The number of alkyl halides is 2. The second kappa shape index (κ2) is 5.10. The molecule has 2 aromatic rings. The van der Waals surface area contributed by atoms with Crippen LogP contribution in [0.25, 0.3) is 0 Å². The molecule has 0 bridgehead atoms. The Morgan fingerprint density at radius 1 is 1.25 bits per heavy atom. The first-order chi connectivity index (χ1) is 9.20. The summed E-state index contributed by atoms with van der Waals surface area (Å²) in [7, 11) is -4.11. The summed E-state index contributed by atoms with van der Waals surface area (Å²) in [4.78, 5) is 0. The van der Waals surface area contributed by atoms with Crippen LogP contribution in [0.5, 0.6) is 0 Å². The Balaban J connectivity index is 2.34. The second-order valence-electron chi connectivity index (χ2n) is 4.13. The van der Waals surface area contributed by atoms with E-state index in [0.29, 0.717) is 18.3 Å². The zero-order valence-corrected chi connectivity index (χ0v) is 11.9. The molecule has 0 radical (unpaired) electrons. The molecule has 0 aliphatic heterocycles. The van der Waals surface area contributed by atoms with Gasteiger partial charge in [0.1, 0.15) is 0 Å². The molecular formula is C12H10F3NO2S2. The molecular weight excluding hydrogens is 311 g/mol. The van der Waals surface area contributed by atoms with Crippen molar-refractivity contribution in [2.24, 2.45) is 0 Å². The molecule has 0 saturated heterocycles. The zero-order valence-electron chi connectivity index (χ0n) is 10.2. The van der Waals surface area contributed by atoms with Gasteiger partial charge < -0.3 is 0 Å². The maximum absolute atomic E-state index is 13.3. The topological polar surface area (TPSA) is 46.2 Å². The van der Waals surface area contributed by atoms with Crippen molar-refractivity contribution in [3.63, 3.8) is 0 Å². The summed E-state index contributed by atoms with van der Waals surface area (Å²) in [6, 6.07) is 5.84. The zero-order chi connectivity index (χ0) is 15.0. The SMILES string of the molecule is CC(F)(F)c1cccc(NS(=O)(=O)c2sccc2F)c1. The van der Waals surface area contributed by atoms with Gasteiger partial charge in [-0.15, -0.1) is 11.3 Å². The molecule has 0 aliphatic rings. The molecule has 0 aliphatic carbocycles. The van der Waals surface area contributed by atoms with E-state index < -0.39 is 26.0 Å². The van der Waals surface area contributed by atoms with Gasteiger partial charge in [-0.2, -0.15) is 0 Å². The fourth-order valence-corrected chi connectivity index (χ4v) is 3.67. The van der Waals surface area contributed by atoms with Crippen LogP contribution in [-0.2, 0) is 15.9 Å². The number of halogens is 3. The monoisotopic (exact) mass is 321 g/mol. The van der Waals surface area contributed by atoms with Crippen LogP contribution < -0.4 is 4.72 Å². The van der Waals surface area contributed by atoms with E-state index in [2.05, 4.69) is 4.72 Å². The van der Waals surface area contributed by atoms with E-state index in [9.17, 15) is 21.6 Å². The van der Waals surface area contributed by atoms with E-state index in [1.54, 1.807) is 0 Å². The predicted octanol–water partition coefficient (Wildman–Crippen LogP) is 3.80. The highest BCUT2D eigenvalue weighted by molar-refractivity contribution is 7.94. The predicted molar refractivity (Wildman–Crippen MR) is 71.1 cm³/mol. The third-order valence-electron chi connectivity index (χ3n) is 2.45. The molecule has 1 N–H and O–H groups in total. The highest BCUT2D eigenvalue weighted by atomic mass is 32.2. The molecule has 0 unspecified atom stereocenters. The van der Waals surface area contributed by atoms with E-state index in [-0.39, 0.29) is 11.3 Å². The first-order valence-electron chi connectivity index (χ1n) is 5.44. The van der Waals surface area contributed by atoms with Crippen LogP contribution in [-0.4, -0.2) is 8.42 Å². The Labute approximate surface area is 118 Å². The lowest BCUT2D eigenvalue weighted by atomic mass is 10.1. The van der Waals surface area contributed by atoms with Gasteiger partial charge in [-0.05, 0) is 23.6 Å². The summed E-state index contributed by atoms with van der Waals surface area (Å²) in [5.74, 6) is -3.96. The van der Waals surface area contributed by atoms with E-state index in [0.717, 1.165) is 12.1 Å². The first-order valence-corrected chi connectivity index (χ1v) is 7.80. The van der Waals surface area contributed by atoms with Crippen molar-refractivity contribution in [1.29, 1.82) is 0 Å². The number of anilines is 1. The Morgan fingerprint density at radius 2 is 1.95 bits per heavy atom. The van der Waals surface area contributed by atoms with Crippen molar-refractivity contribution < 1.29 is 21.6 Å². The third kappa shape index (κ3) is 3.13. The number of hydrogen-bond acceptors (Lipinski definition) is 3. The summed E-state index contributed by atoms with van der Waals surface area (Å²) in [5, 5.41) is 1.29. The molecule has 2 rings (SSSR count). The first kappa shape index (κ1) is 14.9. The second-order valence-corrected chi connectivity index (χ2v) is 6.92. The van der Waals surface area contributed by atoms with Crippen molar-refractivity contribution in [1.82, 2.24) is 0 Å². The lowest BCUT2D eigenvalue weighted by Crippen LogP contribution is -2.14. The molecule has 0 atom stereocenters. The fourth-order valence-electron chi connectivity index (χ4n) is 1.53. The van der Waals surface area contributed by atoms with Gasteiger partial charge in [0.15, 0.2) is 10.0 Å². The third-order valence-corrected chi connectivity index (χ3v) is 5.27. The Kier molecular flexibility index (Phi) is 3.79. The molecule has 1 aromatic carbocycles. The summed E-state index contributed by atoms with van der Waals surface area (Å²) in [6.07, 6.45) is 0. The molecule has 3 nitrogen and oxygen atoms in total. The summed E-state index contributed by atoms with van der Waals surface area (Å²) < 4.78 is 65.1. The van der Waals surface area contributed by atoms with E-state index in [1.165, 1.54) is 23.6 Å². The van der Waals surface area contributed by atoms with Gasteiger partial charge in [0.05, 0.1) is 0 Å². The largest absolute Gasteiger partial charge is 0.279 e. The standard InChI is InChI=1S/C12H10F3NO2S2/c1-12(14,15)8-3-2-4-9(7-8)16-20(17,18)11-10(13)5-6-19-11/h2-7,16H,1H3. The Hall–Kier alpha value is -1.54. The van der Waals surface area contributed by atoms with Crippen molar-refractivity contribution >= 4 is 27.0 Å². The van der Waals surface area contributed by atoms with Crippen LogP contribution in [0, 0.1) is 5.82 Å². The van der Waals surface area contributed by atoms with Crippen molar-refractivity contribution in [2.75, 3.05) is 4.72 Å². The van der Waals surface area contributed by atoms with Gasteiger partial charge in [-0.25, -0.2) is 21.6 Å². The van der Waals surface area contributed by atoms with Crippen LogP contribution in [0.4, 0.5) is 18.9 Å².